The molecule has 21 heavy (non-hydrogen) atoms. The third-order valence-electron chi connectivity index (χ3n) is 3.48. The van der Waals surface area contributed by atoms with Crippen molar-refractivity contribution in [1.29, 1.82) is 0 Å². The fourth-order valence-electron chi connectivity index (χ4n) is 2.51. The summed E-state index contributed by atoms with van der Waals surface area (Å²) in [6, 6.07) is 7.14. The van der Waals surface area contributed by atoms with Crippen molar-refractivity contribution in [1.82, 2.24) is 4.98 Å². The Morgan fingerprint density at radius 1 is 1.29 bits per heavy atom. The number of aliphatic carboxylic acids is 1. The molecule has 0 aliphatic carbocycles. The van der Waals surface area contributed by atoms with E-state index in [1.807, 2.05) is 0 Å². The van der Waals surface area contributed by atoms with Crippen LogP contribution in [0, 0.1) is 5.82 Å². The van der Waals surface area contributed by atoms with Crippen molar-refractivity contribution in [2.24, 2.45) is 0 Å². The number of carbonyl (C=O) groups excluding carboxylic acids is 1. The van der Waals surface area contributed by atoms with Crippen LogP contribution in [-0.4, -0.2) is 28.0 Å². The van der Waals surface area contributed by atoms with Crippen LogP contribution in [0.25, 0.3) is 0 Å². The van der Waals surface area contributed by atoms with Crippen molar-refractivity contribution in [3.8, 4) is 0 Å². The number of carboxylic acid groups (broad SMARTS) is 1. The Labute approximate surface area is 119 Å². The first-order valence-electron chi connectivity index (χ1n) is 6.33. The van der Waals surface area contributed by atoms with E-state index in [4.69, 9.17) is 0 Å². The molecule has 0 unspecified atom stereocenters. The average molecular weight is 286 g/mol. The van der Waals surface area contributed by atoms with Crippen molar-refractivity contribution in [3.63, 3.8) is 0 Å². The zero-order valence-electron chi connectivity index (χ0n) is 10.9. The van der Waals surface area contributed by atoms with Crippen LogP contribution in [-0.2, 0) is 11.2 Å². The van der Waals surface area contributed by atoms with Gasteiger partial charge in [0.15, 0.2) is 5.82 Å². The molecule has 0 fully saturated rings. The summed E-state index contributed by atoms with van der Waals surface area (Å²) in [6.07, 6.45) is 2.45. The second-order valence-corrected chi connectivity index (χ2v) is 4.72. The van der Waals surface area contributed by atoms with E-state index >= 15 is 0 Å². The maximum atomic E-state index is 13.7. The zero-order chi connectivity index (χ0) is 15.0. The molecule has 0 saturated carbocycles. The average Bonchev–Trinajstić information content (AvgIpc) is 2.86. The fraction of sp³-hybridized carbons (Fsp3) is 0.133. The molecular formula is C15H11FN2O3. The standard InChI is InChI=1S/C15H11FN2O3/c16-11-8-17-6-5-10(11)14(19)18-12-4-2-1-3-9(12)7-13(18)15(20)21/h1-6,8,13H,7H2,(H,20,21)/t13-/m0/s1. The highest BCUT2D eigenvalue weighted by Crippen LogP contribution is 2.33. The molecule has 6 heteroatoms. The van der Waals surface area contributed by atoms with Crippen LogP contribution >= 0.6 is 0 Å². The molecular weight excluding hydrogens is 275 g/mol. The Kier molecular flexibility index (Phi) is 3.13. The molecule has 106 valence electrons. The normalized spacial score (nSPS) is 16.6. The Bertz CT molecular complexity index is 732. The number of benzene rings is 1. The van der Waals surface area contributed by atoms with Gasteiger partial charge in [0.05, 0.1) is 11.8 Å². The van der Waals surface area contributed by atoms with Gasteiger partial charge in [0, 0.05) is 18.3 Å². The predicted octanol–water partition coefficient (Wildman–Crippen LogP) is 1.88. The van der Waals surface area contributed by atoms with Crippen LogP contribution in [0.5, 0.6) is 0 Å². The minimum atomic E-state index is -1.12. The van der Waals surface area contributed by atoms with E-state index in [0.29, 0.717) is 5.69 Å². The van der Waals surface area contributed by atoms with Gasteiger partial charge in [0.25, 0.3) is 5.91 Å². The highest BCUT2D eigenvalue weighted by Gasteiger charge is 2.39. The molecule has 0 saturated heterocycles. The minimum absolute atomic E-state index is 0.187. The van der Waals surface area contributed by atoms with Crippen molar-refractivity contribution in [2.75, 3.05) is 4.90 Å². The summed E-state index contributed by atoms with van der Waals surface area (Å²) >= 11 is 0. The van der Waals surface area contributed by atoms with Gasteiger partial charge in [-0.25, -0.2) is 9.18 Å². The molecule has 1 aromatic carbocycles. The molecule has 1 aromatic heterocycles. The third kappa shape index (κ3) is 2.14. The van der Waals surface area contributed by atoms with E-state index in [-0.39, 0.29) is 12.0 Å². The maximum absolute atomic E-state index is 13.7. The molecule has 1 atom stereocenters. The number of pyridine rings is 1. The smallest absolute Gasteiger partial charge is 0.327 e. The Morgan fingerprint density at radius 3 is 2.76 bits per heavy atom. The van der Waals surface area contributed by atoms with Gasteiger partial charge in [-0.2, -0.15) is 0 Å². The van der Waals surface area contributed by atoms with E-state index < -0.39 is 23.7 Å². The lowest BCUT2D eigenvalue weighted by Gasteiger charge is -2.22. The van der Waals surface area contributed by atoms with E-state index in [0.717, 1.165) is 16.7 Å². The van der Waals surface area contributed by atoms with Crippen LogP contribution < -0.4 is 4.90 Å². The maximum Gasteiger partial charge on any atom is 0.327 e. The minimum Gasteiger partial charge on any atom is -0.480 e. The van der Waals surface area contributed by atoms with E-state index in [1.165, 1.54) is 12.3 Å². The zero-order valence-corrected chi connectivity index (χ0v) is 10.9. The van der Waals surface area contributed by atoms with Gasteiger partial charge in [-0.1, -0.05) is 18.2 Å². The van der Waals surface area contributed by atoms with Crippen molar-refractivity contribution in [3.05, 3.63) is 59.7 Å². The lowest BCUT2D eigenvalue weighted by Crippen LogP contribution is -2.43. The van der Waals surface area contributed by atoms with Crippen LogP contribution in [0.4, 0.5) is 10.1 Å². The summed E-state index contributed by atoms with van der Waals surface area (Å²) in [5, 5.41) is 9.32. The number of carbonyl (C=O) groups is 2. The lowest BCUT2D eigenvalue weighted by atomic mass is 10.1. The molecule has 3 rings (SSSR count). The molecule has 1 aliphatic heterocycles. The summed E-state index contributed by atoms with van der Waals surface area (Å²) in [5.41, 5.74) is 1.08. The number of nitrogens with zero attached hydrogens (tertiary/aromatic N) is 2. The summed E-state index contributed by atoms with van der Waals surface area (Å²) in [7, 11) is 0. The lowest BCUT2D eigenvalue weighted by molar-refractivity contribution is -0.138. The second kappa shape index (κ2) is 4.97. The number of hydrogen-bond acceptors (Lipinski definition) is 3. The van der Waals surface area contributed by atoms with Gasteiger partial charge in [-0.15, -0.1) is 0 Å². The summed E-state index contributed by atoms with van der Waals surface area (Å²) < 4.78 is 13.7. The molecule has 0 radical (unpaired) electrons. The number of para-hydroxylation sites is 1. The first-order valence-corrected chi connectivity index (χ1v) is 6.33. The second-order valence-electron chi connectivity index (χ2n) is 4.72. The Balaban J connectivity index is 2.08. The van der Waals surface area contributed by atoms with Gasteiger partial charge in [0.1, 0.15) is 6.04 Å². The van der Waals surface area contributed by atoms with Crippen LogP contribution in [0.1, 0.15) is 15.9 Å². The monoisotopic (exact) mass is 286 g/mol. The largest absolute Gasteiger partial charge is 0.480 e. The first-order chi connectivity index (χ1) is 10.1. The van der Waals surface area contributed by atoms with Gasteiger partial charge < -0.3 is 5.11 Å². The van der Waals surface area contributed by atoms with Crippen molar-refractivity contribution >= 4 is 17.6 Å². The van der Waals surface area contributed by atoms with E-state index in [2.05, 4.69) is 4.98 Å². The summed E-state index contributed by atoms with van der Waals surface area (Å²) in [5.74, 6) is -2.56. The van der Waals surface area contributed by atoms with E-state index in [1.54, 1.807) is 24.3 Å². The van der Waals surface area contributed by atoms with Gasteiger partial charge in [-0.05, 0) is 17.7 Å². The number of fused-ring (bicyclic) bond motifs is 1. The Morgan fingerprint density at radius 2 is 2.05 bits per heavy atom. The molecule has 2 aromatic rings. The molecule has 2 heterocycles. The highest BCUT2D eigenvalue weighted by atomic mass is 19.1. The van der Waals surface area contributed by atoms with Gasteiger partial charge in [-0.3, -0.25) is 14.7 Å². The number of aromatic nitrogens is 1. The SMILES string of the molecule is O=C(O)[C@@H]1Cc2ccccc2N1C(=O)c1ccncc1F. The van der Waals surface area contributed by atoms with Crippen LogP contribution in [0.3, 0.4) is 0 Å². The number of amides is 1. The number of hydrogen-bond donors (Lipinski definition) is 1. The molecule has 0 bridgehead atoms. The quantitative estimate of drug-likeness (QED) is 0.915. The van der Waals surface area contributed by atoms with Crippen molar-refractivity contribution in [2.45, 2.75) is 12.5 Å². The highest BCUT2D eigenvalue weighted by molar-refractivity contribution is 6.10. The third-order valence-corrected chi connectivity index (χ3v) is 3.48. The molecule has 1 N–H and O–H groups in total. The first kappa shape index (κ1) is 13.2. The number of carboxylic acids is 1. The number of anilines is 1. The molecule has 1 aliphatic rings. The van der Waals surface area contributed by atoms with Crippen molar-refractivity contribution < 1.29 is 19.1 Å². The van der Waals surface area contributed by atoms with Gasteiger partial charge >= 0.3 is 5.97 Å². The summed E-state index contributed by atoms with van der Waals surface area (Å²) in [4.78, 5) is 28.7. The fourth-order valence-corrected chi connectivity index (χ4v) is 2.51. The predicted molar refractivity (Wildman–Crippen MR) is 72.6 cm³/mol. The molecule has 1 amide bonds. The van der Waals surface area contributed by atoms with Crippen LogP contribution in [0.2, 0.25) is 0 Å². The molecule has 5 nitrogen and oxygen atoms in total. The topological polar surface area (TPSA) is 70.5 Å². The van der Waals surface area contributed by atoms with E-state index in [9.17, 15) is 19.1 Å². The number of rotatable bonds is 2. The Hall–Kier alpha value is -2.76. The van der Waals surface area contributed by atoms with Crippen LogP contribution in [0.15, 0.2) is 42.7 Å². The van der Waals surface area contributed by atoms with Gasteiger partial charge in [0.2, 0.25) is 0 Å². The summed E-state index contributed by atoms with van der Waals surface area (Å²) in [6.45, 7) is 0. The number of halogens is 1. The molecule has 0 spiro atoms.